The fourth-order valence-electron chi connectivity index (χ4n) is 2.21. The summed E-state index contributed by atoms with van der Waals surface area (Å²) in [6.45, 7) is 2.23. The van der Waals surface area contributed by atoms with Crippen LogP contribution in [0.2, 0.25) is 0 Å². The monoisotopic (exact) mass is 341 g/mol. The Morgan fingerprint density at radius 3 is 3.00 bits per heavy atom. The standard InChI is InChI=1S/C14H20N3O5P/c1-2-3-12(18)21-8-14(9-22-23-20)6-10(14)7-17-5-4-11(15)16-13(17)19/h4-5,7H,2-3,6,8-9,23H2,1H3,(H2,15,16,19)/b10-7-. The Kier molecular flexibility index (Phi) is 5.74. The van der Waals surface area contributed by atoms with Gasteiger partial charge < -0.3 is 15.0 Å². The Balaban J connectivity index is 2.12. The molecule has 2 N–H and O–H groups in total. The molecule has 2 rings (SSSR count). The van der Waals surface area contributed by atoms with Crippen LogP contribution in [0.25, 0.3) is 6.20 Å². The van der Waals surface area contributed by atoms with Crippen LogP contribution in [-0.4, -0.2) is 28.7 Å². The van der Waals surface area contributed by atoms with Crippen molar-refractivity contribution in [3.63, 3.8) is 0 Å². The van der Waals surface area contributed by atoms with E-state index in [0.29, 0.717) is 19.3 Å². The van der Waals surface area contributed by atoms with E-state index in [1.807, 2.05) is 6.92 Å². The first-order valence-corrected chi connectivity index (χ1v) is 8.22. The third-order valence-corrected chi connectivity index (χ3v) is 3.93. The fraction of sp³-hybridized carbons (Fsp3) is 0.500. The number of carbonyl (C=O) groups is 1. The molecule has 1 heterocycles. The lowest BCUT2D eigenvalue weighted by Gasteiger charge is -2.13. The molecule has 23 heavy (non-hydrogen) atoms. The lowest BCUT2D eigenvalue weighted by Crippen LogP contribution is -2.21. The molecule has 0 spiro atoms. The van der Waals surface area contributed by atoms with Crippen molar-refractivity contribution >= 4 is 26.7 Å². The zero-order chi connectivity index (χ0) is 16.9. The Bertz CT molecular complexity index is 687. The lowest BCUT2D eigenvalue weighted by molar-refractivity contribution is -0.145. The van der Waals surface area contributed by atoms with Gasteiger partial charge in [0.1, 0.15) is 12.4 Å². The van der Waals surface area contributed by atoms with E-state index in [1.165, 1.54) is 16.8 Å². The van der Waals surface area contributed by atoms with Crippen LogP contribution in [0.3, 0.4) is 0 Å². The summed E-state index contributed by atoms with van der Waals surface area (Å²) in [5, 5.41) is 0. The highest BCUT2D eigenvalue weighted by Gasteiger charge is 2.50. The summed E-state index contributed by atoms with van der Waals surface area (Å²) in [6.07, 6.45) is 4.81. The summed E-state index contributed by atoms with van der Waals surface area (Å²) in [5.74, 6) is -0.127. The first-order chi connectivity index (χ1) is 11.0. The maximum absolute atomic E-state index is 11.7. The number of carbonyl (C=O) groups excluding carboxylic acids is 1. The summed E-state index contributed by atoms with van der Waals surface area (Å²) >= 11 is 0. The number of nitrogen functional groups attached to an aromatic ring is 1. The van der Waals surface area contributed by atoms with Crippen molar-refractivity contribution in [2.24, 2.45) is 5.41 Å². The van der Waals surface area contributed by atoms with Crippen molar-refractivity contribution in [1.82, 2.24) is 9.55 Å². The average molecular weight is 341 g/mol. The van der Waals surface area contributed by atoms with Gasteiger partial charge in [-0.1, -0.05) is 6.92 Å². The maximum Gasteiger partial charge on any atom is 0.353 e. The van der Waals surface area contributed by atoms with E-state index in [1.54, 1.807) is 6.20 Å². The summed E-state index contributed by atoms with van der Waals surface area (Å²) in [5.41, 5.74) is 5.32. The number of hydrogen-bond acceptors (Lipinski definition) is 7. The smallest absolute Gasteiger partial charge is 0.353 e. The van der Waals surface area contributed by atoms with Crippen molar-refractivity contribution in [2.45, 2.75) is 26.2 Å². The molecule has 2 unspecified atom stereocenters. The first kappa shape index (κ1) is 17.4. The van der Waals surface area contributed by atoms with Gasteiger partial charge in [-0.15, -0.1) is 0 Å². The molecule has 0 aliphatic heterocycles. The summed E-state index contributed by atoms with van der Waals surface area (Å²) in [7, 11) is -1.34. The van der Waals surface area contributed by atoms with Gasteiger partial charge in [0.25, 0.3) is 0 Å². The molecule has 0 amide bonds. The third kappa shape index (κ3) is 4.53. The fourth-order valence-corrected chi connectivity index (χ4v) is 2.60. The van der Waals surface area contributed by atoms with Gasteiger partial charge in [0.05, 0.1) is 12.0 Å². The molecule has 126 valence electrons. The molecule has 0 saturated heterocycles. The number of nitrogens with zero attached hydrogens (tertiary/aromatic N) is 2. The van der Waals surface area contributed by atoms with Crippen LogP contribution in [0.1, 0.15) is 26.2 Å². The molecule has 0 aromatic carbocycles. The predicted octanol–water partition coefficient (Wildman–Crippen LogP) is 1.09. The Labute approximate surface area is 134 Å². The topological polar surface area (TPSA) is 114 Å². The summed E-state index contributed by atoms with van der Waals surface area (Å²) in [4.78, 5) is 26.9. The second-order valence-corrected chi connectivity index (χ2v) is 6.00. The number of nitrogens with two attached hydrogens (primary N) is 1. The van der Waals surface area contributed by atoms with Crippen molar-refractivity contribution in [3.05, 3.63) is 28.3 Å². The van der Waals surface area contributed by atoms with E-state index < -0.39 is 19.8 Å². The minimum Gasteiger partial charge on any atom is -0.465 e. The number of rotatable bonds is 8. The minimum absolute atomic E-state index is 0.147. The Hall–Kier alpha value is -1.92. The molecule has 1 aromatic heterocycles. The van der Waals surface area contributed by atoms with E-state index in [-0.39, 0.29) is 25.0 Å². The maximum atomic E-state index is 11.7. The number of hydrogen-bond donors (Lipinski definition) is 1. The summed E-state index contributed by atoms with van der Waals surface area (Å²) in [6, 6.07) is 1.52. The molecule has 8 nitrogen and oxygen atoms in total. The van der Waals surface area contributed by atoms with E-state index in [0.717, 1.165) is 5.57 Å². The lowest BCUT2D eigenvalue weighted by atomic mass is 10.1. The third-order valence-electron chi connectivity index (χ3n) is 3.62. The SMILES string of the molecule is CCCC(=O)OCC1(CO[PH2]=O)C/C1=C/n1ccc(N)nc1=O. The van der Waals surface area contributed by atoms with E-state index in [2.05, 4.69) is 4.98 Å². The second kappa shape index (κ2) is 7.57. The molecule has 1 fully saturated rings. The van der Waals surface area contributed by atoms with Gasteiger partial charge in [-0.3, -0.25) is 13.9 Å². The normalized spacial score (nSPS) is 21.9. The van der Waals surface area contributed by atoms with Gasteiger partial charge in [0, 0.05) is 18.8 Å². The molecular formula is C14H20N3O5P. The van der Waals surface area contributed by atoms with Gasteiger partial charge in [-0.25, -0.2) is 4.79 Å². The van der Waals surface area contributed by atoms with Crippen LogP contribution in [0.15, 0.2) is 22.6 Å². The largest absolute Gasteiger partial charge is 0.465 e. The molecule has 1 aliphatic carbocycles. The van der Waals surface area contributed by atoms with Crippen molar-refractivity contribution in [2.75, 3.05) is 18.9 Å². The molecule has 9 heteroatoms. The van der Waals surface area contributed by atoms with E-state index >= 15 is 0 Å². The van der Waals surface area contributed by atoms with Crippen LogP contribution in [0, 0.1) is 5.41 Å². The number of aromatic nitrogens is 2. The Morgan fingerprint density at radius 1 is 1.57 bits per heavy atom. The first-order valence-electron chi connectivity index (χ1n) is 7.27. The predicted molar refractivity (Wildman–Crippen MR) is 86.4 cm³/mol. The minimum atomic E-state index is -1.34. The van der Waals surface area contributed by atoms with Crippen LogP contribution >= 0.6 is 8.69 Å². The zero-order valence-corrected chi connectivity index (χ0v) is 14.0. The van der Waals surface area contributed by atoms with Crippen LogP contribution in [-0.2, 0) is 18.6 Å². The van der Waals surface area contributed by atoms with Gasteiger partial charge >= 0.3 is 11.7 Å². The molecular weight excluding hydrogens is 321 g/mol. The average Bonchev–Trinajstić information content (AvgIpc) is 3.20. The molecule has 0 radical (unpaired) electrons. The van der Waals surface area contributed by atoms with Crippen LogP contribution < -0.4 is 11.4 Å². The van der Waals surface area contributed by atoms with Crippen LogP contribution in [0.4, 0.5) is 5.82 Å². The quantitative estimate of drug-likeness (QED) is 0.556. The molecule has 1 aromatic rings. The summed E-state index contributed by atoms with van der Waals surface area (Å²) < 4.78 is 22.3. The van der Waals surface area contributed by atoms with Crippen molar-refractivity contribution in [3.8, 4) is 0 Å². The van der Waals surface area contributed by atoms with Gasteiger partial charge in [-0.2, -0.15) is 4.98 Å². The molecule has 1 aliphatic rings. The molecule has 1 saturated carbocycles. The molecule has 0 bridgehead atoms. The van der Waals surface area contributed by atoms with Crippen molar-refractivity contribution < 1.29 is 18.6 Å². The van der Waals surface area contributed by atoms with Gasteiger partial charge in [-0.05, 0) is 24.5 Å². The number of anilines is 1. The van der Waals surface area contributed by atoms with Crippen LogP contribution in [0.5, 0.6) is 0 Å². The van der Waals surface area contributed by atoms with Crippen molar-refractivity contribution in [1.29, 1.82) is 0 Å². The van der Waals surface area contributed by atoms with Gasteiger partial charge in [0.2, 0.25) is 0 Å². The number of esters is 1. The van der Waals surface area contributed by atoms with Gasteiger partial charge in [0.15, 0.2) is 8.69 Å². The Morgan fingerprint density at radius 2 is 2.35 bits per heavy atom. The van der Waals surface area contributed by atoms with E-state index in [4.69, 9.17) is 15.0 Å². The highest BCUT2D eigenvalue weighted by atomic mass is 31.1. The highest BCUT2D eigenvalue weighted by molar-refractivity contribution is 7.17. The highest BCUT2D eigenvalue weighted by Crippen LogP contribution is 2.53. The number of ether oxygens (including phenoxy) is 1. The zero-order valence-electron chi connectivity index (χ0n) is 12.9. The van der Waals surface area contributed by atoms with E-state index in [9.17, 15) is 14.2 Å². The molecule has 2 atom stereocenters. The second-order valence-electron chi connectivity index (χ2n) is 5.47.